The molecule has 0 spiro atoms. The Bertz CT molecular complexity index is 797. The van der Waals surface area contributed by atoms with Crippen molar-refractivity contribution in [2.75, 3.05) is 0 Å². The molecule has 0 saturated carbocycles. The molecule has 3 aromatic rings. The molecule has 0 fully saturated rings. The molecule has 0 saturated heterocycles. The number of nitro groups is 1. The zero-order chi connectivity index (χ0) is 14.7. The van der Waals surface area contributed by atoms with E-state index in [1.54, 1.807) is 24.4 Å². The van der Waals surface area contributed by atoms with E-state index in [2.05, 4.69) is 4.98 Å². The van der Waals surface area contributed by atoms with E-state index >= 15 is 0 Å². The summed E-state index contributed by atoms with van der Waals surface area (Å²) in [5, 5.41) is 12.9. The fourth-order valence-corrected chi connectivity index (χ4v) is 2.16. The van der Waals surface area contributed by atoms with Crippen molar-refractivity contribution in [3.8, 4) is 5.88 Å². The van der Waals surface area contributed by atoms with E-state index in [0.717, 1.165) is 10.8 Å². The van der Waals surface area contributed by atoms with E-state index < -0.39 is 4.92 Å². The summed E-state index contributed by atoms with van der Waals surface area (Å²) >= 11 is 0. The van der Waals surface area contributed by atoms with Gasteiger partial charge in [0.1, 0.15) is 6.61 Å². The van der Waals surface area contributed by atoms with Gasteiger partial charge in [0.05, 0.1) is 10.5 Å². The molecular formula is C16H12N2O3. The topological polar surface area (TPSA) is 65.3 Å². The molecule has 0 unspecified atom stereocenters. The van der Waals surface area contributed by atoms with Crippen molar-refractivity contribution < 1.29 is 9.66 Å². The van der Waals surface area contributed by atoms with Crippen LogP contribution >= 0.6 is 0 Å². The predicted octanol–water partition coefficient (Wildman–Crippen LogP) is 3.72. The summed E-state index contributed by atoms with van der Waals surface area (Å²) in [7, 11) is 0. The molecule has 2 aromatic carbocycles. The smallest absolute Gasteiger partial charge is 0.276 e. The van der Waals surface area contributed by atoms with Gasteiger partial charge in [-0.05, 0) is 23.6 Å². The lowest BCUT2D eigenvalue weighted by Gasteiger charge is -2.08. The summed E-state index contributed by atoms with van der Waals surface area (Å²) in [4.78, 5) is 14.8. The number of rotatable bonds is 4. The Balaban J connectivity index is 1.89. The van der Waals surface area contributed by atoms with Crippen LogP contribution in [0.25, 0.3) is 10.8 Å². The molecule has 3 rings (SSSR count). The number of ether oxygens (including phenoxy) is 1. The largest absolute Gasteiger partial charge is 0.472 e. The van der Waals surface area contributed by atoms with E-state index in [0.29, 0.717) is 11.4 Å². The van der Waals surface area contributed by atoms with Crippen LogP contribution in [-0.2, 0) is 6.61 Å². The van der Waals surface area contributed by atoms with Crippen LogP contribution in [0.2, 0.25) is 0 Å². The lowest BCUT2D eigenvalue weighted by molar-refractivity contribution is -0.385. The first-order valence-corrected chi connectivity index (χ1v) is 6.44. The summed E-state index contributed by atoms with van der Waals surface area (Å²) in [5.74, 6) is 0.478. The molecule has 0 aliphatic rings. The van der Waals surface area contributed by atoms with Gasteiger partial charge in [0.15, 0.2) is 0 Å². The molecule has 21 heavy (non-hydrogen) atoms. The zero-order valence-electron chi connectivity index (χ0n) is 11.1. The van der Waals surface area contributed by atoms with Crippen LogP contribution in [0.5, 0.6) is 5.88 Å². The Morgan fingerprint density at radius 2 is 1.81 bits per heavy atom. The Hall–Kier alpha value is -2.95. The van der Waals surface area contributed by atoms with Crippen LogP contribution < -0.4 is 4.74 Å². The molecule has 5 nitrogen and oxygen atoms in total. The number of hydrogen-bond acceptors (Lipinski definition) is 4. The Kier molecular flexibility index (Phi) is 3.47. The van der Waals surface area contributed by atoms with Crippen LogP contribution in [0.4, 0.5) is 5.69 Å². The average molecular weight is 280 g/mol. The molecule has 0 radical (unpaired) electrons. The number of para-hydroxylation sites is 1. The van der Waals surface area contributed by atoms with Gasteiger partial charge in [-0.2, -0.15) is 0 Å². The second-order valence-electron chi connectivity index (χ2n) is 4.51. The normalized spacial score (nSPS) is 10.5. The van der Waals surface area contributed by atoms with Crippen LogP contribution in [0.15, 0.2) is 60.8 Å². The van der Waals surface area contributed by atoms with Gasteiger partial charge in [-0.25, -0.2) is 4.98 Å². The van der Waals surface area contributed by atoms with E-state index in [9.17, 15) is 10.1 Å². The van der Waals surface area contributed by atoms with Gasteiger partial charge >= 0.3 is 0 Å². The average Bonchev–Trinajstić information content (AvgIpc) is 2.53. The van der Waals surface area contributed by atoms with Crippen molar-refractivity contribution in [1.29, 1.82) is 0 Å². The third kappa shape index (κ3) is 2.67. The number of hydrogen-bond donors (Lipinski definition) is 0. The molecular weight excluding hydrogens is 268 g/mol. The monoisotopic (exact) mass is 280 g/mol. The van der Waals surface area contributed by atoms with Crippen molar-refractivity contribution in [3.05, 3.63) is 76.5 Å². The van der Waals surface area contributed by atoms with Crippen LogP contribution in [0.1, 0.15) is 5.56 Å². The molecule has 1 aromatic heterocycles. The summed E-state index contributed by atoms with van der Waals surface area (Å²) in [6.07, 6.45) is 1.66. The summed E-state index contributed by atoms with van der Waals surface area (Å²) in [6, 6.07) is 16.2. The number of nitrogens with zero attached hydrogens (tertiary/aromatic N) is 2. The van der Waals surface area contributed by atoms with Crippen molar-refractivity contribution in [3.63, 3.8) is 0 Å². The van der Waals surface area contributed by atoms with Gasteiger partial charge in [0, 0.05) is 17.6 Å². The second-order valence-corrected chi connectivity index (χ2v) is 4.51. The van der Waals surface area contributed by atoms with Gasteiger partial charge in [-0.3, -0.25) is 10.1 Å². The minimum atomic E-state index is -0.408. The minimum absolute atomic E-state index is 0.0535. The Morgan fingerprint density at radius 1 is 1.05 bits per heavy atom. The highest BCUT2D eigenvalue weighted by molar-refractivity contribution is 5.86. The fraction of sp³-hybridized carbons (Fsp3) is 0.0625. The maximum atomic E-state index is 11.0. The quantitative estimate of drug-likeness (QED) is 0.539. The molecule has 0 bridgehead atoms. The highest BCUT2D eigenvalue weighted by Crippen LogP contribution is 2.25. The summed E-state index contributed by atoms with van der Waals surface area (Å²) in [5.41, 5.74) is 0.579. The maximum Gasteiger partial charge on any atom is 0.276 e. The molecule has 0 aliphatic heterocycles. The Labute approximate surface area is 121 Å². The molecule has 5 heteroatoms. The summed E-state index contributed by atoms with van der Waals surface area (Å²) < 4.78 is 5.68. The van der Waals surface area contributed by atoms with Crippen LogP contribution in [0, 0.1) is 10.1 Å². The van der Waals surface area contributed by atoms with Gasteiger partial charge in [0.25, 0.3) is 5.69 Å². The zero-order valence-corrected chi connectivity index (χ0v) is 11.1. The molecule has 104 valence electrons. The van der Waals surface area contributed by atoms with Crippen molar-refractivity contribution in [1.82, 2.24) is 4.98 Å². The SMILES string of the molecule is O=[N+]([O-])c1ccccc1COc1nccc2ccccc12. The first-order valence-electron chi connectivity index (χ1n) is 6.44. The van der Waals surface area contributed by atoms with Crippen molar-refractivity contribution in [2.24, 2.45) is 0 Å². The van der Waals surface area contributed by atoms with Gasteiger partial charge in [-0.15, -0.1) is 0 Å². The molecule has 0 N–H and O–H groups in total. The molecule has 0 aliphatic carbocycles. The number of benzene rings is 2. The van der Waals surface area contributed by atoms with E-state index in [1.807, 2.05) is 30.3 Å². The second kappa shape index (κ2) is 5.58. The van der Waals surface area contributed by atoms with E-state index in [4.69, 9.17) is 4.74 Å². The van der Waals surface area contributed by atoms with Gasteiger partial charge < -0.3 is 4.74 Å². The number of pyridine rings is 1. The fourth-order valence-electron chi connectivity index (χ4n) is 2.16. The van der Waals surface area contributed by atoms with Gasteiger partial charge in [-0.1, -0.05) is 30.3 Å². The third-order valence-electron chi connectivity index (χ3n) is 3.19. The lowest BCUT2D eigenvalue weighted by atomic mass is 10.2. The number of nitro benzene ring substituents is 1. The Morgan fingerprint density at radius 3 is 2.67 bits per heavy atom. The lowest BCUT2D eigenvalue weighted by Crippen LogP contribution is -2.01. The first-order chi connectivity index (χ1) is 10.3. The molecule has 0 atom stereocenters. The van der Waals surface area contributed by atoms with Crippen molar-refractivity contribution >= 4 is 16.5 Å². The standard InChI is InChI=1S/C16H12N2O3/c19-18(20)15-8-4-2-6-13(15)11-21-16-14-7-3-1-5-12(14)9-10-17-16/h1-10H,11H2. The van der Waals surface area contributed by atoms with Crippen molar-refractivity contribution in [2.45, 2.75) is 6.61 Å². The third-order valence-corrected chi connectivity index (χ3v) is 3.19. The minimum Gasteiger partial charge on any atom is -0.472 e. The highest BCUT2D eigenvalue weighted by atomic mass is 16.6. The summed E-state index contributed by atoms with van der Waals surface area (Å²) in [6.45, 7) is 0.109. The number of fused-ring (bicyclic) bond motifs is 1. The van der Waals surface area contributed by atoms with E-state index in [1.165, 1.54) is 6.07 Å². The van der Waals surface area contributed by atoms with Gasteiger partial charge in [0.2, 0.25) is 5.88 Å². The molecule has 1 heterocycles. The van der Waals surface area contributed by atoms with Crippen LogP contribution in [-0.4, -0.2) is 9.91 Å². The number of aromatic nitrogens is 1. The molecule has 0 amide bonds. The highest BCUT2D eigenvalue weighted by Gasteiger charge is 2.13. The maximum absolute atomic E-state index is 11.0. The van der Waals surface area contributed by atoms with Crippen LogP contribution in [0.3, 0.4) is 0 Å². The predicted molar refractivity (Wildman–Crippen MR) is 79.2 cm³/mol. The first kappa shape index (κ1) is 13.1. The van der Waals surface area contributed by atoms with E-state index in [-0.39, 0.29) is 12.3 Å².